The molecule has 4 N–H and O–H groups in total. The van der Waals surface area contributed by atoms with E-state index in [4.69, 9.17) is 10.5 Å². The van der Waals surface area contributed by atoms with E-state index in [2.05, 4.69) is 20.5 Å². The van der Waals surface area contributed by atoms with E-state index in [-0.39, 0.29) is 22.5 Å². The van der Waals surface area contributed by atoms with Crippen LogP contribution in [0.1, 0.15) is 0 Å². The summed E-state index contributed by atoms with van der Waals surface area (Å²) >= 11 is 1.13. The average Bonchev–Trinajstić information content (AvgIpc) is 3.06. The number of hydrogen-bond acceptors (Lipinski definition) is 8. The number of carbonyl (C=O) groups excluding carboxylic acids is 1. The Morgan fingerprint density at radius 3 is 2.62 bits per heavy atom. The van der Waals surface area contributed by atoms with Gasteiger partial charge in [0, 0.05) is 18.8 Å². The van der Waals surface area contributed by atoms with Crippen molar-refractivity contribution in [3.63, 3.8) is 0 Å². The number of nitrogens with two attached hydrogens (primary N) is 1. The lowest BCUT2D eigenvalue weighted by atomic mass is 10.3. The molecule has 1 aromatic heterocycles. The summed E-state index contributed by atoms with van der Waals surface area (Å²) in [5.41, 5.74) is 5.91. The van der Waals surface area contributed by atoms with Crippen LogP contribution >= 0.6 is 11.8 Å². The number of morpholine rings is 1. The minimum Gasteiger partial charge on any atom is -0.379 e. The minimum atomic E-state index is -3.55. The molecular weight excluding hydrogens is 380 g/mol. The molecule has 0 unspecified atom stereocenters. The molecule has 10 nitrogen and oxygen atoms in total. The molecule has 3 rings (SSSR count). The summed E-state index contributed by atoms with van der Waals surface area (Å²) in [6, 6.07) is 6.06. The maximum absolute atomic E-state index is 12.5. The number of aromatic nitrogens is 3. The van der Waals surface area contributed by atoms with Crippen LogP contribution in [0.5, 0.6) is 0 Å². The van der Waals surface area contributed by atoms with E-state index in [0.29, 0.717) is 37.1 Å². The molecule has 1 aromatic carbocycles. The first-order valence-electron chi connectivity index (χ1n) is 7.73. The molecular formula is C14H18N6O4S2. The molecule has 1 fully saturated rings. The van der Waals surface area contributed by atoms with Gasteiger partial charge >= 0.3 is 0 Å². The van der Waals surface area contributed by atoms with Gasteiger partial charge in [0.15, 0.2) is 0 Å². The Balaban J connectivity index is 1.57. The van der Waals surface area contributed by atoms with E-state index in [1.165, 1.54) is 16.4 Å². The van der Waals surface area contributed by atoms with Gasteiger partial charge in [0.05, 0.1) is 23.9 Å². The summed E-state index contributed by atoms with van der Waals surface area (Å²) in [5.74, 6) is 0.0256. The van der Waals surface area contributed by atoms with Crippen LogP contribution in [-0.4, -0.2) is 65.9 Å². The van der Waals surface area contributed by atoms with Crippen molar-refractivity contribution in [2.45, 2.75) is 10.1 Å². The molecule has 1 amide bonds. The number of carbonyl (C=O) groups is 1. The molecule has 1 aliphatic heterocycles. The highest BCUT2D eigenvalue weighted by Gasteiger charge is 2.26. The van der Waals surface area contributed by atoms with Gasteiger partial charge in [-0.2, -0.15) is 9.29 Å². The number of nitrogens with one attached hydrogen (secondary N) is 2. The zero-order valence-corrected chi connectivity index (χ0v) is 15.3. The monoisotopic (exact) mass is 398 g/mol. The second-order valence-electron chi connectivity index (χ2n) is 5.38. The maximum Gasteiger partial charge on any atom is 0.243 e. The van der Waals surface area contributed by atoms with Gasteiger partial charge in [-0.1, -0.05) is 11.8 Å². The Kier molecular flexibility index (Phi) is 5.76. The summed E-state index contributed by atoms with van der Waals surface area (Å²) in [7, 11) is -3.55. The predicted molar refractivity (Wildman–Crippen MR) is 96.2 cm³/mol. The van der Waals surface area contributed by atoms with Gasteiger partial charge in [0.25, 0.3) is 0 Å². The fourth-order valence-electron chi connectivity index (χ4n) is 2.30. The van der Waals surface area contributed by atoms with Gasteiger partial charge in [-0.25, -0.2) is 13.5 Å². The van der Waals surface area contributed by atoms with Gasteiger partial charge < -0.3 is 15.8 Å². The van der Waals surface area contributed by atoms with Crippen LogP contribution in [-0.2, 0) is 19.6 Å². The molecule has 140 valence electrons. The number of nitrogen functional groups attached to an aromatic ring is 1. The zero-order chi connectivity index (χ0) is 18.6. The van der Waals surface area contributed by atoms with E-state index < -0.39 is 10.0 Å². The second kappa shape index (κ2) is 8.03. The number of sulfonamides is 1. The number of H-pyrrole nitrogens is 1. The molecule has 0 atom stereocenters. The number of rotatable bonds is 6. The van der Waals surface area contributed by atoms with Crippen molar-refractivity contribution >= 4 is 39.3 Å². The van der Waals surface area contributed by atoms with E-state index in [1.54, 1.807) is 12.1 Å². The third-order valence-corrected chi connectivity index (χ3v) is 6.32. The number of amides is 1. The van der Waals surface area contributed by atoms with Crippen molar-refractivity contribution < 1.29 is 17.9 Å². The highest BCUT2D eigenvalue weighted by Crippen LogP contribution is 2.20. The van der Waals surface area contributed by atoms with Crippen molar-refractivity contribution in [2.24, 2.45) is 0 Å². The van der Waals surface area contributed by atoms with Crippen molar-refractivity contribution in [1.82, 2.24) is 19.5 Å². The second-order valence-corrected chi connectivity index (χ2v) is 8.26. The summed E-state index contributed by atoms with van der Waals surface area (Å²) < 4.78 is 31.6. The molecule has 0 radical (unpaired) electrons. The van der Waals surface area contributed by atoms with Crippen LogP contribution in [0.25, 0.3) is 0 Å². The first kappa shape index (κ1) is 18.6. The van der Waals surface area contributed by atoms with Gasteiger partial charge in [-0.05, 0) is 24.3 Å². The minimum absolute atomic E-state index is 0.102. The SMILES string of the molecule is Nc1nc(SCC(=O)Nc2ccc(S(=O)(=O)N3CCOCC3)cc2)n[nH]1. The molecule has 0 bridgehead atoms. The van der Waals surface area contributed by atoms with E-state index in [1.807, 2.05) is 0 Å². The molecule has 1 saturated heterocycles. The van der Waals surface area contributed by atoms with Crippen LogP contribution in [0.15, 0.2) is 34.3 Å². The van der Waals surface area contributed by atoms with Crippen molar-refractivity contribution in [3.05, 3.63) is 24.3 Å². The summed E-state index contributed by atoms with van der Waals surface area (Å²) in [5, 5.41) is 9.38. The Labute approximate surface area is 154 Å². The normalized spacial score (nSPS) is 15.7. The lowest BCUT2D eigenvalue weighted by Gasteiger charge is -2.26. The van der Waals surface area contributed by atoms with Crippen LogP contribution in [0, 0.1) is 0 Å². The highest BCUT2D eigenvalue weighted by atomic mass is 32.2. The Bertz CT molecular complexity index is 862. The fourth-order valence-corrected chi connectivity index (χ4v) is 4.31. The third kappa shape index (κ3) is 4.52. The third-order valence-electron chi connectivity index (χ3n) is 3.56. The largest absolute Gasteiger partial charge is 0.379 e. The summed E-state index contributed by atoms with van der Waals surface area (Å²) in [4.78, 5) is 16.0. The number of nitrogens with zero attached hydrogens (tertiary/aromatic N) is 3. The van der Waals surface area contributed by atoms with E-state index >= 15 is 0 Å². The Morgan fingerprint density at radius 1 is 1.31 bits per heavy atom. The number of ether oxygens (including phenoxy) is 1. The van der Waals surface area contributed by atoms with Crippen molar-refractivity contribution in [2.75, 3.05) is 43.1 Å². The zero-order valence-electron chi connectivity index (χ0n) is 13.7. The molecule has 1 aliphatic rings. The van der Waals surface area contributed by atoms with Crippen LogP contribution in [0.4, 0.5) is 11.6 Å². The highest BCUT2D eigenvalue weighted by molar-refractivity contribution is 7.99. The Hall–Kier alpha value is -2.15. The fraction of sp³-hybridized carbons (Fsp3) is 0.357. The Morgan fingerprint density at radius 2 is 2.00 bits per heavy atom. The van der Waals surface area contributed by atoms with Gasteiger partial charge in [0.1, 0.15) is 0 Å². The van der Waals surface area contributed by atoms with E-state index in [0.717, 1.165) is 11.8 Å². The molecule has 2 heterocycles. The van der Waals surface area contributed by atoms with Gasteiger partial charge in [-0.3, -0.25) is 4.79 Å². The first-order chi connectivity index (χ1) is 12.4. The molecule has 0 aliphatic carbocycles. The summed E-state index contributed by atoms with van der Waals surface area (Å²) in [6.07, 6.45) is 0. The number of benzene rings is 1. The molecule has 12 heteroatoms. The molecule has 2 aromatic rings. The molecule has 0 spiro atoms. The van der Waals surface area contributed by atoms with Crippen LogP contribution in [0.2, 0.25) is 0 Å². The number of thioether (sulfide) groups is 1. The number of anilines is 2. The lowest BCUT2D eigenvalue weighted by Crippen LogP contribution is -2.40. The standard InChI is InChI=1S/C14H18N6O4S2/c15-13-17-14(19-18-13)25-9-12(21)16-10-1-3-11(4-2-10)26(22,23)20-5-7-24-8-6-20/h1-4H,5-9H2,(H,16,21)(H3,15,17,18,19). The van der Waals surface area contributed by atoms with E-state index in [9.17, 15) is 13.2 Å². The topological polar surface area (TPSA) is 143 Å². The lowest BCUT2D eigenvalue weighted by molar-refractivity contribution is -0.113. The summed E-state index contributed by atoms with van der Waals surface area (Å²) in [6.45, 7) is 1.46. The number of aromatic amines is 1. The maximum atomic E-state index is 12.5. The molecule has 0 saturated carbocycles. The average molecular weight is 398 g/mol. The van der Waals surface area contributed by atoms with Crippen molar-refractivity contribution in [3.8, 4) is 0 Å². The number of hydrogen-bond donors (Lipinski definition) is 3. The van der Waals surface area contributed by atoms with Gasteiger partial charge in [0.2, 0.25) is 27.0 Å². The smallest absolute Gasteiger partial charge is 0.243 e. The van der Waals surface area contributed by atoms with Gasteiger partial charge in [-0.15, -0.1) is 5.10 Å². The quantitative estimate of drug-likeness (QED) is 0.583. The van der Waals surface area contributed by atoms with Crippen molar-refractivity contribution in [1.29, 1.82) is 0 Å². The molecule has 26 heavy (non-hydrogen) atoms. The predicted octanol–water partition coefficient (Wildman–Crippen LogP) is 0.139. The first-order valence-corrected chi connectivity index (χ1v) is 10.2. The van der Waals surface area contributed by atoms with Crippen LogP contribution < -0.4 is 11.1 Å². The van der Waals surface area contributed by atoms with Crippen LogP contribution in [0.3, 0.4) is 0 Å².